The predicted octanol–water partition coefficient (Wildman–Crippen LogP) is 2.66. The van der Waals surface area contributed by atoms with E-state index in [-0.39, 0.29) is 5.91 Å². The lowest BCUT2D eigenvalue weighted by Gasteiger charge is -2.36. The van der Waals surface area contributed by atoms with Crippen molar-refractivity contribution >= 4 is 11.6 Å². The summed E-state index contributed by atoms with van der Waals surface area (Å²) >= 11 is 0. The summed E-state index contributed by atoms with van der Waals surface area (Å²) in [6, 6.07) is 8.63. The van der Waals surface area contributed by atoms with Gasteiger partial charge in [0, 0.05) is 32.2 Å². The lowest BCUT2D eigenvalue weighted by Crippen LogP contribution is -2.51. The lowest BCUT2D eigenvalue weighted by atomic mass is 10.1. The van der Waals surface area contributed by atoms with Crippen LogP contribution in [0.25, 0.3) is 0 Å². The first kappa shape index (κ1) is 18.1. The van der Waals surface area contributed by atoms with Crippen LogP contribution < -0.4 is 15.0 Å². The maximum absolute atomic E-state index is 12.5. The quantitative estimate of drug-likeness (QED) is 0.834. The van der Waals surface area contributed by atoms with Gasteiger partial charge in [0.05, 0.1) is 19.3 Å². The van der Waals surface area contributed by atoms with Crippen LogP contribution in [0.3, 0.4) is 0 Å². The van der Waals surface area contributed by atoms with Gasteiger partial charge in [-0.05, 0) is 25.0 Å². The fraction of sp³-hybridized carbons (Fsp3) is 0.650. The van der Waals surface area contributed by atoms with Crippen LogP contribution in [0.2, 0.25) is 0 Å². The third kappa shape index (κ3) is 4.88. The number of benzene rings is 1. The van der Waals surface area contributed by atoms with Crippen molar-refractivity contribution in [3.63, 3.8) is 0 Å². The van der Waals surface area contributed by atoms with Crippen LogP contribution in [0.1, 0.15) is 38.5 Å². The predicted molar refractivity (Wildman–Crippen MR) is 101 cm³/mol. The molecule has 138 valence electrons. The molecule has 0 atom stereocenters. The molecule has 0 aromatic heterocycles. The van der Waals surface area contributed by atoms with E-state index in [0.29, 0.717) is 12.6 Å². The molecule has 0 radical (unpaired) electrons. The summed E-state index contributed by atoms with van der Waals surface area (Å²) in [4.78, 5) is 16.8. The number of amides is 1. The van der Waals surface area contributed by atoms with Gasteiger partial charge < -0.3 is 19.9 Å². The summed E-state index contributed by atoms with van der Waals surface area (Å²) in [7, 11) is 1.71. The van der Waals surface area contributed by atoms with Gasteiger partial charge in [-0.15, -0.1) is 0 Å². The SMILES string of the molecule is COc1ccccc1N1CCN(C(=O)CNC2CCCCCC2)CC1. The molecule has 1 N–H and O–H groups in total. The zero-order chi connectivity index (χ0) is 17.5. The Balaban J connectivity index is 1.46. The number of carbonyl (C=O) groups is 1. The molecule has 1 saturated carbocycles. The second kappa shape index (κ2) is 9.09. The number of piperazine rings is 1. The van der Waals surface area contributed by atoms with Gasteiger partial charge >= 0.3 is 0 Å². The molecule has 3 rings (SSSR count). The van der Waals surface area contributed by atoms with E-state index in [9.17, 15) is 4.79 Å². The number of nitrogens with zero attached hydrogens (tertiary/aromatic N) is 2. The summed E-state index contributed by atoms with van der Waals surface area (Å²) in [5, 5.41) is 3.49. The van der Waals surface area contributed by atoms with Crippen LogP contribution in [-0.2, 0) is 4.79 Å². The zero-order valence-electron chi connectivity index (χ0n) is 15.4. The maximum Gasteiger partial charge on any atom is 0.236 e. The monoisotopic (exact) mass is 345 g/mol. The molecule has 2 aliphatic rings. The molecule has 1 aliphatic carbocycles. The first-order chi connectivity index (χ1) is 12.3. The van der Waals surface area contributed by atoms with Crippen molar-refractivity contribution in [2.45, 2.75) is 44.6 Å². The fourth-order valence-electron chi connectivity index (χ4n) is 3.91. The van der Waals surface area contributed by atoms with Crippen LogP contribution >= 0.6 is 0 Å². The van der Waals surface area contributed by atoms with Crippen molar-refractivity contribution in [1.29, 1.82) is 0 Å². The van der Waals surface area contributed by atoms with Crippen molar-refractivity contribution in [3.05, 3.63) is 24.3 Å². The molecule has 5 nitrogen and oxygen atoms in total. The highest BCUT2D eigenvalue weighted by Gasteiger charge is 2.23. The standard InChI is InChI=1S/C20H31N3O2/c1-25-19-11-7-6-10-18(19)22-12-14-23(15-13-22)20(24)16-21-17-8-4-2-3-5-9-17/h6-7,10-11,17,21H,2-5,8-9,12-16H2,1H3. The lowest BCUT2D eigenvalue weighted by molar-refractivity contribution is -0.130. The fourth-order valence-corrected chi connectivity index (χ4v) is 3.91. The molecule has 1 heterocycles. The molecule has 1 aromatic rings. The number of methoxy groups -OCH3 is 1. The number of rotatable bonds is 5. The van der Waals surface area contributed by atoms with Gasteiger partial charge in [-0.3, -0.25) is 4.79 Å². The van der Waals surface area contributed by atoms with Crippen molar-refractivity contribution in [2.24, 2.45) is 0 Å². The van der Waals surface area contributed by atoms with Gasteiger partial charge in [-0.2, -0.15) is 0 Å². The molecule has 0 spiro atoms. The van der Waals surface area contributed by atoms with Gasteiger partial charge in [0.1, 0.15) is 5.75 Å². The summed E-state index contributed by atoms with van der Waals surface area (Å²) in [5.41, 5.74) is 1.12. The number of carbonyl (C=O) groups excluding carboxylic acids is 1. The third-order valence-corrected chi connectivity index (χ3v) is 5.46. The summed E-state index contributed by atoms with van der Waals surface area (Å²) in [6.07, 6.45) is 7.71. The highest BCUT2D eigenvalue weighted by atomic mass is 16.5. The first-order valence-corrected chi connectivity index (χ1v) is 9.67. The van der Waals surface area contributed by atoms with Gasteiger partial charge in [0.25, 0.3) is 0 Å². The minimum Gasteiger partial charge on any atom is -0.495 e. The second-order valence-corrected chi connectivity index (χ2v) is 7.11. The molecule has 25 heavy (non-hydrogen) atoms. The molecular weight excluding hydrogens is 314 g/mol. The molecule has 0 bridgehead atoms. The smallest absolute Gasteiger partial charge is 0.236 e. The first-order valence-electron chi connectivity index (χ1n) is 9.67. The topological polar surface area (TPSA) is 44.8 Å². The number of para-hydroxylation sites is 2. The molecule has 5 heteroatoms. The summed E-state index contributed by atoms with van der Waals surface area (Å²) in [6.45, 7) is 3.76. The normalized spacial score (nSPS) is 19.6. The molecule has 0 unspecified atom stereocenters. The van der Waals surface area contributed by atoms with E-state index in [2.05, 4.69) is 16.3 Å². The molecule has 1 aliphatic heterocycles. The Morgan fingerprint density at radius 1 is 1.08 bits per heavy atom. The number of ether oxygens (including phenoxy) is 1. The minimum absolute atomic E-state index is 0.240. The van der Waals surface area contributed by atoms with Crippen LogP contribution in [0.5, 0.6) is 5.75 Å². The number of nitrogens with one attached hydrogen (secondary N) is 1. The summed E-state index contributed by atoms with van der Waals surface area (Å²) < 4.78 is 5.46. The highest BCUT2D eigenvalue weighted by molar-refractivity contribution is 5.78. The molecule has 1 aromatic carbocycles. The Hall–Kier alpha value is -1.75. The van der Waals surface area contributed by atoms with Crippen molar-refractivity contribution in [1.82, 2.24) is 10.2 Å². The van der Waals surface area contributed by atoms with E-state index in [0.717, 1.165) is 37.6 Å². The maximum atomic E-state index is 12.5. The Labute approximate surface area is 151 Å². The van der Waals surface area contributed by atoms with E-state index < -0.39 is 0 Å². The number of hydrogen-bond acceptors (Lipinski definition) is 4. The Morgan fingerprint density at radius 3 is 2.44 bits per heavy atom. The Kier molecular flexibility index (Phi) is 6.56. The number of hydrogen-bond donors (Lipinski definition) is 1. The second-order valence-electron chi connectivity index (χ2n) is 7.11. The van der Waals surface area contributed by atoms with Crippen LogP contribution in [0.15, 0.2) is 24.3 Å². The van der Waals surface area contributed by atoms with Gasteiger partial charge in [-0.25, -0.2) is 0 Å². The highest BCUT2D eigenvalue weighted by Crippen LogP contribution is 2.28. The average Bonchev–Trinajstić information content (AvgIpc) is 2.95. The van der Waals surface area contributed by atoms with E-state index >= 15 is 0 Å². The minimum atomic E-state index is 0.240. The Bertz CT molecular complexity index is 548. The van der Waals surface area contributed by atoms with Crippen LogP contribution in [0.4, 0.5) is 5.69 Å². The summed E-state index contributed by atoms with van der Waals surface area (Å²) in [5.74, 6) is 1.14. The van der Waals surface area contributed by atoms with Crippen LogP contribution in [0, 0.1) is 0 Å². The van der Waals surface area contributed by atoms with E-state index in [4.69, 9.17) is 4.74 Å². The van der Waals surface area contributed by atoms with Crippen LogP contribution in [-0.4, -0.2) is 56.7 Å². The van der Waals surface area contributed by atoms with E-state index in [1.54, 1.807) is 7.11 Å². The van der Waals surface area contributed by atoms with Crippen molar-refractivity contribution < 1.29 is 9.53 Å². The molecule has 1 saturated heterocycles. The van der Waals surface area contributed by atoms with Gasteiger partial charge in [0.2, 0.25) is 5.91 Å². The van der Waals surface area contributed by atoms with Crippen molar-refractivity contribution in [2.75, 3.05) is 44.7 Å². The third-order valence-electron chi connectivity index (χ3n) is 5.46. The largest absolute Gasteiger partial charge is 0.495 e. The van der Waals surface area contributed by atoms with Crippen molar-refractivity contribution in [3.8, 4) is 5.75 Å². The Morgan fingerprint density at radius 2 is 1.76 bits per heavy atom. The van der Waals surface area contributed by atoms with Gasteiger partial charge in [0.15, 0.2) is 0 Å². The zero-order valence-corrected chi connectivity index (χ0v) is 15.4. The van der Waals surface area contributed by atoms with Gasteiger partial charge in [-0.1, -0.05) is 37.8 Å². The average molecular weight is 345 g/mol. The molecule has 2 fully saturated rings. The molecule has 1 amide bonds. The number of anilines is 1. The molecular formula is C20H31N3O2. The van der Waals surface area contributed by atoms with E-state index in [1.165, 1.54) is 38.5 Å². The van der Waals surface area contributed by atoms with E-state index in [1.807, 2.05) is 23.1 Å².